The van der Waals surface area contributed by atoms with E-state index in [1.807, 2.05) is 26.8 Å². The Morgan fingerprint density at radius 3 is 2.50 bits per heavy atom. The monoisotopic (exact) mass is 327 g/mol. The van der Waals surface area contributed by atoms with Crippen molar-refractivity contribution in [3.05, 3.63) is 64.7 Å². The smallest absolute Gasteiger partial charge is 0.330 e. The number of carboxylic acids is 1. The van der Waals surface area contributed by atoms with Gasteiger partial charge in [-0.2, -0.15) is 0 Å². The number of hydrogen-bond donors (Lipinski definition) is 2. The summed E-state index contributed by atoms with van der Waals surface area (Å²) in [5, 5.41) is 12.1. The number of ether oxygens (including phenoxy) is 1. The molecule has 1 amide bonds. The van der Waals surface area contributed by atoms with Gasteiger partial charge in [-0.15, -0.1) is 0 Å². The molecule has 0 spiro atoms. The molecule has 0 aromatic heterocycles. The van der Waals surface area contributed by atoms with Gasteiger partial charge in [-0.25, -0.2) is 4.79 Å². The van der Waals surface area contributed by atoms with Crippen molar-refractivity contribution < 1.29 is 19.4 Å². The maximum Gasteiger partial charge on any atom is 0.330 e. The molecule has 0 heterocycles. The van der Waals surface area contributed by atoms with Gasteiger partial charge in [0.15, 0.2) is 6.04 Å². The number of nitrogens with one attached hydrogen (secondary N) is 1. The van der Waals surface area contributed by atoms with Gasteiger partial charge in [-0.3, -0.25) is 4.79 Å². The molecule has 126 valence electrons. The second-order valence-electron chi connectivity index (χ2n) is 5.55. The fourth-order valence-corrected chi connectivity index (χ4v) is 2.34. The Labute approximate surface area is 141 Å². The molecule has 2 aromatic rings. The minimum Gasteiger partial charge on any atom is -0.494 e. The van der Waals surface area contributed by atoms with Gasteiger partial charge in [-0.05, 0) is 55.7 Å². The lowest BCUT2D eigenvalue weighted by molar-refractivity contribution is -0.139. The number of carbonyl (C=O) groups is 2. The molecule has 0 fully saturated rings. The molecule has 24 heavy (non-hydrogen) atoms. The molecule has 2 N–H and O–H groups in total. The summed E-state index contributed by atoms with van der Waals surface area (Å²) in [7, 11) is 0. The Morgan fingerprint density at radius 1 is 1.12 bits per heavy atom. The average molecular weight is 327 g/mol. The first-order chi connectivity index (χ1) is 11.4. The van der Waals surface area contributed by atoms with E-state index in [2.05, 4.69) is 5.32 Å². The lowest BCUT2D eigenvalue weighted by Gasteiger charge is -2.16. The summed E-state index contributed by atoms with van der Waals surface area (Å²) < 4.78 is 5.37. The van der Waals surface area contributed by atoms with Crippen molar-refractivity contribution in [3.8, 4) is 5.75 Å². The number of aliphatic carboxylic acids is 1. The molecule has 0 aliphatic carbocycles. The van der Waals surface area contributed by atoms with Crippen LogP contribution in [0, 0.1) is 13.8 Å². The van der Waals surface area contributed by atoms with Gasteiger partial charge < -0.3 is 15.2 Å². The number of amides is 1. The van der Waals surface area contributed by atoms with E-state index < -0.39 is 17.9 Å². The lowest BCUT2D eigenvalue weighted by atomic mass is 10.0. The van der Waals surface area contributed by atoms with Crippen LogP contribution in [0.25, 0.3) is 0 Å². The molecular formula is C19H21NO4. The minimum atomic E-state index is -1.10. The maximum absolute atomic E-state index is 12.4. The lowest BCUT2D eigenvalue weighted by Crippen LogP contribution is -2.33. The van der Waals surface area contributed by atoms with Crippen LogP contribution in [-0.4, -0.2) is 23.6 Å². The maximum atomic E-state index is 12.4. The highest BCUT2D eigenvalue weighted by molar-refractivity contribution is 5.97. The Kier molecular flexibility index (Phi) is 5.58. The summed E-state index contributed by atoms with van der Waals surface area (Å²) in [6.45, 7) is 6.20. The Balaban J connectivity index is 2.24. The van der Waals surface area contributed by atoms with Gasteiger partial charge in [0.25, 0.3) is 5.91 Å². The first-order valence-electron chi connectivity index (χ1n) is 7.76. The van der Waals surface area contributed by atoms with Crippen LogP contribution in [-0.2, 0) is 4.79 Å². The number of rotatable bonds is 6. The minimum absolute atomic E-state index is 0.357. The van der Waals surface area contributed by atoms with E-state index in [1.54, 1.807) is 36.4 Å². The zero-order valence-electron chi connectivity index (χ0n) is 14.0. The van der Waals surface area contributed by atoms with Crippen LogP contribution in [0.5, 0.6) is 5.75 Å². The van der Waals surface area contributed by atoms with Gasteiger partial charge >= 0.3 is 5.97 Å². The molecule has 5 heteroatoms. The Hall–Kier alpha value is -2.82. The van der Waals surface area contributed by atoms with Gasteiger partial charge in [0.1, 0.15) is 5.75 Å². The highest BCUT2D eigenvalue weighted by Crippen LogP contribution is 2.19. The fraction of sp³-hybridized carbons (Fsp3) is 0.263. The summed E-state index contributed by atoms with van der Waals surface area (Å²) >= 11 is 0. The molecule has 0 aliphatic rings. The van der Waals surface area contributed by atoms with E-state index in [1.165, 1.54) is 0 Å². The summed E-state index contributed by atoms with van der Waals surface area (Å²) in [6, 6.07) is 10.9. The summed E-state index contributed by atoms with van der Waals surface area (Å²) in [4.78, 5) is 24.0. The van der Waals surface area contributed by atoms with Gasteiger partial charge in [0.05, 0.1) is 6.61 Å². The second kappa shape index (κ2) is 7.64. The number of aryl methyl sites for hydroxylation is 2. The first-order valence-corrected chi connectivity index (χ1v) is 7.76. The highest BCUT2D eigenvalue weighted by Gasteiger charge is 2.23. The van der Waals surface area contributed by atoms with Crippen LogP contribution in [0.4, 0.5) is 0 Å². The van der Waals surface area contributed by atoms with Crippen LogP contribution in [0.2, 0.25) is 0 Å². The number of benzene rings is 2. The molecule has 0 saturated carbocycles. The SMILES string of the molecule is CCOc1cccc(C(=O)NC(C(=O)O)c2ccc(C)c(C)c2)c1. The van der Waals surface area contributed by atoms with Gasteiger partial charge in [0, 0.05) is 5.56 Å². The zero-order valence-corrected chi connectivity index (χ0v) is 14.0. The zero-order chi connectivity index (χ0) is 17.7. The highest BCUT2D eigenvalue weighted by atomic mass is 16.5. The van der Waals surface area contributed by atoms with E-state index in [9.17, 15) is 14.7 Å². The van der Waals surface area contributed by atoms with Crippen molar-refractivity contribution in [1.82, 2.24) is 5.32 Å². The molecule has 1 unspecified atom stereocenters. The quantitative estimate of drug-likeness (QED) is 0.854. The molecule has 2 aromatic carbocycles. The van der Waals surface area contributed by atoms with E-state index in [0.717, 1.165) is 11.1 Å². The molecule has 1 atom stereocenters. The Bertz CT molecular complexity index is 755. The number of carboxylic acid groups (broad SMARTS) is 1. The largest absolute Gasteiger partial charge is 0.494 e. The third-order valence-corrected chi connectivity index (χ3v) is 3.79. The molecular weight excluding hydrogens is 306 g/mol. The van der Waals surface area contributed by atoms with Gasteiger partial charge in [0.2, 0.25) is 0 Å². The summed E-state index contributed by atoms with van der Waals surface area (Å²) in [5.74, 6) is -0.988. The van der Waals surface area contributed by atoms with Crippen LogP contribution in [0.3, 0.4) is 0 Å². The molecule has 0 bridgehead atoms. The standard InChI is InChI=1S/C19H21NO4/c1-4-24-16-7-5-6-15(11-16)18(21)20-17(19(22)23)14-9-8-12(2)13(3)10-14/h5-11,17H,4H2,1-3H3,(H,20,21)(H,22,23). The van der Waals surface area contributed by atoms with Crippen molar-refractivity contribution in [2.75, 3.05) is 6.61 Å². The van der Waals surface area contributed by atoms with Crippen molar-refractivity contribution in [2.45, 2.75) is 26.8 Å². The fourth-order valence-electron chi connectivity index (χ4n) is 2.34. The Morgan fingerprint density at radius 2 is 1.88 bits per heavy atom. The number of carbonyl (C=O) groups excluding carboxylic acids is 1. The van der Waals surface area contributed by atoms with E-state index in [-0.39, 0.29) is 0 Å². The average Bonchev–Trinajstić information content (AvgIpc) is 2.55. The van der Waals surface area contributed by atoms with E-state index in [4.69, 9.17) is 4.74 Å². The van der Waals surface area contributed by atoms with Crippen LogP contribution >= 0.6 is 0 Å². The molecule has 2 rings (SSSR count). The third-order valence-electron chi connectivity index (χ3n) is 3.79. The summed E-state index contributed by atoms with van der Waals surface area (Å²) in [5.41, 5.74) is 2.95. The normalized spacial score (nSPS) is 11.6. The van der Waals surface area contributed by atoms with E-state index >= 15 is 0 Å². The van der Waals surface area contributed by atoms with Crippen molar-refractivity contribution in [2.24, 2.45) is 0 Å². The van der Waals surface area contributed by atoms with Crippen LogP contribution in [0.1, 0.15) is 40.0 Å². The topological polar surface area (TPSA) is 75.6 Å². The predicted molar refractivity (Wildman–Crippen MR) is 91.4 cm³/mol. The molecule has 5 nitrogen and oxygen atoms in total. The number of hydrogen-bond acceptors (Lipinski definition) is 3. The molecule has 0 radical (unpaired) electrons. The molecule has 0 aliphatic heterocycles. The predicted octanol–water partition coefficient (Wildman–Crippen LogP) is 3.26. The second-order valence-corrected chi connectivity index (χ2v) is 5.55. The van der Waals surface area contributed by atoms with Crippen molar-refractivity contribution in [1.29, 1.82) is 0 Å². The third kappa shape index (κ3) is 4.13. The summed E-state index contributed by atoms with van der Waals surface area (Å²) in [6.07, 6.45) is 0. The van der Waals surface area contributed by atoms with E-state index in [0.29, 0.717) is 23.5 Å². The molecule has 0 saturated heterocycles. The van der Waals surface area contributed by atoms with Gasteiger partial charge in [-0.1, -0.05) is 24.3 Å². The van der Waals surface area contributed by atoms with Crippen LogP contribution in [0.15, 0.2) is 42.5 Å². The van der Waals surface area contributed by atoms with Crippen molar-refractivity contribution in [3.63, 3.8) is 0 Å². The van der Waals surface area contributed by atoms with Crippen molar-refractivity contribution >= 4 is 11.9 Å². The first kappa shape index (κ1) is 17.5. The van der Waals surface area contributed by atoms with Crippen LogP contribution < -0.4 is 10.1 Å².